The molecule has 3 N–H and O–H groups in total. The molecule has 2 aromatic rings. The number of nitrogens with two attached hydrogens (primary N) is 1. The lowest BCUT2D eigenvalue weighted by atomic mass is 10.2. The van der Waals surface area contributed by atoms with E-state index >= 15 is 0 Å². The molecule has 22 heavy (non-hydrogen) atoms. The van der Waals surface area contributed by atoms with E-state index in [1.807, 2.05) is 11.9 Å². The fourth-order valence-electron chi connectivity index (χ4n) is 2.05. The molecule has 0 bridgehead atoms. The number of likely N-dealkylation sites (N-methyl/N-ethyl adjacent to an activating group) is 1. The molecule has 0 fully saturated rings. The summed E-state index contributed by atoms with van der Waals surface area (Å²) in [6.07, 6.45) is 1.40. The van der Waals surface area contributed by atoms with Crippen LogP contribution in [0.25, 0.3) is 0 Å². The van der Waals surface area contributed by atoms with E-state index in [-0.39, 0.29) is 18.3 Å². The van der Waals surface area contributed by atoms with E-state index in [1.165, 1.54) is 18.4 Å². The van der Waals surface area contributed by atoms with Crippen molar-refractivity contribution in [3.8, 4) is 0 Å². The number of amides is 1. The lowest BCUT2D eigenvalue weighted by Crippen LogP contribution is -2.32. The highest BCUT2D eigenvalue weighted by atomic mass is 19.1. The van der Waals surface area contributed by atoms with Crippen LogP contribution in [-0.2, 0) is 13.1 Å². The van der Waals surface area contributed by atoms with Crippen molar-refractivity contribution in [1.82, 2.24) is 10.2 Å². The van der Waals surface area contributed by atoms with Crippen LogP contribution in [0.2, 0.25) is 0 Å². The minimum atomic E-state index is -0.240. The first kappa shape index (κ1) is 16.2. The molecule has 0 aliphatic heterocycles. The number of furan rings is 1. The molecule has 0 saturated carbocycles. The van der Waals surface area contributed by atoms with Crippen molar-refractivity contribution in [2.75, 3.05) is 20.1 Å². The third-order valence-corrected chi connectivity index (χ3v) is 3.26. The third-order valence-electron chi connectivity index (χ3n) is 3.26. The Labute approximate surface area is 128 Å². The molecule has 1 heterocycles. The molecule has 0 aliphatic rings. The normalized spacial score (nSPS) is 10.9. The van der Waals surface area contributed by atoms with Crippen LogP contribution in [0.3, 0.4) is 0 Å². The average molecular weight is 305 g/mol. The van der Waals surface area contributed by atoms with Gasteiger partial charge in [0, 0.05) is 19.6 Å². The van der Waals surface area contributed by atoms with Gasteiger partial charge >= 0.3 is 0 Å². The van der Waals surface area contributed by atoms with Crippen LogP contribution in [0.15, 0.2) is 41.0 Å². The largest absolute Gasteiger partial charge is 0.467 e. The molecule has 0 unspecified atom stereocenters. The first-order valence-corrected chi connectivity index (χ1v) is 7.07. The van der Waals surface area contributed by atoms with Crippen molar-refractivity contribution in [2.45, 2.75) is 13.1 Å². The number of nitrogens with zero attached hydrogens (tertiary/aromatic N) is 1. The monoisotopic (exact) mass is 305 g/mol. The van der Waals surface area contributed by atoms with Gasteiger partial charge in [-0.25, -0.2) is 4.39 Å². The number of carbonyl (C=O) groups excluding carboxylic acids is 1. The Morgan fingerprint density at radius 1 is 1.36 bits per heavy atom. The lowest BCUT2D eigenvalue weighted by Gasteiger charge is -2.16. The summed E-state index contributed by atoms with van der Waals surface area (Å²) in [5, 5.41) is 2.82. The van der Waals surface area contributed by atoms with Crippen molar-refractivity contribution >= 4 is 5.91 Å². The maximum absolute atomic E-state index is 12.8. The number of benzene rings is 1. The van der Waals surface area contributed by atoms with E-state index in [1.54, 1.807) is 18.2 Å². The van der Waals surface area contributed by atoms with Crippen LogP contribution < -0.4 is 11.1 Å². The van der Waals surface area contributed by atoms with Gasteiger partial charge in [0.05, 0.1) is 12.1 Å². The molecule has 0 radical (unpaired) electrons. The molecule has 1 aromatic heterocycles. The first-order valence-electron chi connectivity index (χ1n) is 7.07. The fraction of sp³-hybridized carbons (Fsp3) is 0.312. The Hall–Kier alpha value is -2.18. The molecule has 1 amide bonds. The predicted octanol–water partition coefficient (Wildman–Crippen LogP) is 1.74. The van der Waals surface area contributed by atoms with Gasteiger partial charge in [0.1, 0.15) is 17.8 Å². The van der Waals surface area contributed by atoms with E-state index < -0.39 is 0 Å². The Morgan fingerprint density at radius 3 is 2.73 bits per heavy atom. The van der Waals surface area contributed by atoms with Crippen LogP contribution in [0.4, 0.5) is 4.39 Å². The number of carbonyl (C=O) groups is 1. The number of nitrogens with one attached hydrogen (secondary N) is 1. The Kier molecular flexibility index (Phi) is 5.68. The van der Waals surface area contributed by atoms with E-state index in [2.05, 4.69) is 5.32 Å². The van der Waals surface area contributed by atoms with Crippen LogP contribution in [-0.4, -0.2) is 30.9 Å². The van der Waals surface area contributed by atoms with Gasteiger partial charge in [0.25, 0.3) is 5.91 Å². The van der Waals surface area contributed by atoms with Gasteiger partial charge in [0.2, 0.25) is 0 Å². The highest BCUT2D eigenvalue weighted by Crippen LogP contribution is 2.07. The summed E-state index contributed by atoms with van der Waals surface area (Å²) in [6.45, 7) is 2.16. The summed E-state index contributed by atoms with van der Waals surface area (Å²) in [5.74, 6) is 0.160. The van der Waals surface area contributed by atoms with Crippen molar-refractivity contribution in [3.05, 3.63) is 59.3 Å². The summed E-state index contributed by atoms with van der Waals surface area (Å²) >= 11 is 0. The molecule has 0 aliphatic carbocycles. The highest BCUT2D eigenvalue weighted by Gasteiger charge is 2.09. The van der Waals surface area contributed by atoms with Crippen molar-refractivity contribution in [3.63, 3.8) is 0 Å². The minimum absolute atomic E-state index is 0.182. The van der Waals surface area contributed by atoms with Crippen molar-refractivity contribution in [2.24, 2.45) is 5.73 Å². The maximum atomic E-state index is 12.8. The Morgan fingerprint density at radius 2 is 2.09 bits per heavy atom. The highest BCUT2D eigenvalue weighted by molar-refractivity contribution is 5.93. The summed E-state index contributed by atoms with van der Waals surface area (Å²) in [5.41, 5.74) is 6.93. The molecule has 0 saturated heterocycles. The fourth-order valence-corrected chi connectivity index (χ4v) is 2.05. The SMILES string of the molecule is CN(CCNC(=O)c1coc(CN)c1)Cc1ccc(F)cc1. The van der Waals surface area contributed by atoms with E-state index in [0.29, 0.717) is 31.0 Å². The molecule has 0 atom stereocenters. The summed E-state index contributed by atoms with van der Waals surface area (Å²) in [6, 6.07) is 8.03. The van der Waals surface area contributed by atoms with Crippen LogP contribution in [0, 0.1) is 5.82 Å². The second-order valence-electron chi connectivity index (χ2n) is 5.13. The topological polar surface area (TPSA) is 71.5 Å². The second-order valence-corrected chi connectivity index (χ2v) is 5.13. The van der Waals surface area contributed by atoms with Gasteiger partial charge in [0.15, 0.2) is 0 Å². The summed E-state index contributed by atoms with van der Waals surface area (Å²) < 4.78 is 18.0. The minimum Gasteiger partial charge on any atom is -0.467 e. The van der Waals surface area contributed by atoms with Gasteiger partial charge in [-0.15, -0.1) is 0 Å². The van der Waals surface area contributed by atoms with Crippen LogP contribution >= 0.6 is 0 Å². The molecular formula is C16H20FN3O2. The molecular weight excluding hydrogens is 285 g/mol. The predicted molar refractivity (Wildman–Crippen MR) is 81.7 cm³/mol. The maximum Gasteiger partial charge on any atom is 0.254 e. The number of rotatable bonds is 7. The standard InChI is InChI=1S/C16H20FN3O2/c1-20(10-12-2-4-14(17)5-3-12)7-6-19-16(21)13-8-15(9-18)22-11-13/h2-5,8,11H,6-7,9-10,18H2,1H3,(H,19,21). The zero-order chi connectivity index (χ0) is 15.9. The molecule has 6 heteroatoms. The van der Waals surface area contributed by atoms with E-state index in [4.69, 9.17) is 10.2 Å². The van der Waals surface area contributed by atoms with Gasteiger partial charge in [-0.2, -0.15) is 0 Å². The lowest BCUT2D eigenvalue weighted by molar-refractivity contribution is 0.0949. The van der Waals surface area contributed by atoms with Gasteiger partial charge in [-0.3, -0.25) is 4.79 Å². The zero-order valence-electron chi connectivity index (χ0n) is 12.5. The van der Waals surface area contributed by atoms with E-state index in [0.717, 1.165) is 5.56 Å². The van der Waals surface area contributed by atoms with E-state index in [9.17, 15) is 9.18 Å². The van der Waals surface area contributed by atoms with Crippen LogP contribution in [0.1, 0.15) is 21.7 Å². The third kappa shape index (κ3) is 4.68. The number of halogens is 1. The smallest absolute Gasteiger partial charge is 0.254 e. The van der Waals surface area contributed by atoms with Crippen molar-refractivity contribution < 1.29 is 13.6 Å². The average Bonchev–Trinajstić information content (AvgIpc) is 2.98. The first-order chi connectivity index (χ1) is 10.6. The molecule has 118 valence electrons. The molecule has 2 rings (SSSR count). The number of hydrogen-bond acceptors (Lipinski definition) is 4. The zero-order valence-corrected chi connectivity index (χ0v) is 12.5. The molecule has 1 aromatic carbocycles. The van der Waals surface area contributed by atoms with Crippen LogP contribution in [0.5, 0.6) is 0 Å². The Bertz CT molecular complexity index is 610. The van der Waals surface area contributed by atoms with Crippen molar-refractivity contribution in [1.29, 1.82) is 0 Å². The second kappa shape index (κ2) is 7.72. The Balaban J connectivity index is 1.73. The van der Waals surface area contributed by atoms with Gasteiger partial charge in [-0.05, 0) is 30.8 Å². The molecule has 0 spiro atoms. The quantitative estimate of drug-likeness (QED) is 0.817. The molecule has 5 nitrogen and oxygen atoms in total. The summed E-state index contributed by atoms with van der Waals surface area (Å²) in [4.78, 5) is 13.9. The van der Waals surface area contributed by atoms with Gasteiger partial charge < -0.3 is 20.4 Å². The number of hydrogen-bond donors (Lipinski definition) is 2. The summed E-state index contributed by atoms with van der Waals surface area (Å²) in [7, 11) is 1.94. The van der Waals surface area contributed by atoms with Gasteiger partial charge in [-0.1, -0.05) is 12.1 Å².